The maximum atomic E-state index is 5.84. The molecule has 0 atom stereocenters. The van der Waals surface area contributed by atoms with Gasteiger partial charge in [-0.25, -0.2) is 0 Å². The molecule has 0 aliphatic carbocycles. The number of benzene rings is 2. The lowest BCUT2D eigenvalue weighted by Gasteiger charge is -2.10. The van der Waals surface area contributed by atoms with Crippen LogP contribution in [0, 0.1) is 0 Å². The van der Waals surface area contributed by atoms with Crippen LogP contribution in [-0.2, 0) is 6.61 Å². The molecular weight excluding hydrogens is 292 g/mol. The number of hydrogen-bond acceptors (Lipinski definition) is 4. The lowest BCUT2D eigenvalue weighted by atomic mass is 10.1. The third-order valence-corrected chi connectivity index (χ3v) is 3.76. The largest absolute Gasteiger partial charge is 0.486 e. The average molecular weight is 303 g/mol. The molecule has 1 heterocycles. The van der Waals surface area contributed by atoms with Crippen LogP contribution in [0.25, 0.3) is 11.1 Å². The van der Waals surface area contributed by atoms with Crippen molar-refractivity contribution in [2.45, 2.75) is 6.61 Å². The van der Waals surface area contributed by atoms with Crippen LogP contribution < -0.4 is 4.74 Å². The molecule has 0 radical (unpaired) electrons. The highest BCUT2D eigenvalue weighted by molar-refractivity contribution is 7.15. The van der Waals surface area contributed by atoms with Crippen LogP contribution in [0.2, 0.25) is 4.47 Å². The maximum Gasteiger partial charge on any atom is 0.207 e. The molecule has 0 aliphatic heterocycles. The Labute approximate surface area is 125 Å². The van der Waals surface area contributed by atoms with Crippen LogP contribution in [0.1, 0.15) is 5.01 Å². The van der Waals surface area contributed by atoms with E-state index < -0.39 is 0 Å². The molecule has 0 N–H and O–H groups in total. The van der Waals surface area contributed by atoms with Crippen molar-refractivity contribution >= 4 is 22.9 Å². The highest BCUT2D eigenvalue weighted by Gasteiger charge is 2.07. The number of para-hydroxylation sites is 1. The lowest BCUT2D eigenvalue weighted by molar-refractivity contribution is 0.306. The van der Waals surface area contributed by atoms with Crippen molar-refractivity contribution in [2.24, 2.45) is 0 Å². The Morgan fingerprint density at radius 2 is 1.70 bits per heavy atom. The molecule has 20 heavy (non-hydrogen) atoms. The Hall–Kier alpha value is -1.91. The van der Waals surface area contributed by atoms with Crippen LogP contribution in [-0.4, -0.2) is 10.2 Å². The normalized spacial score (nSPS) is 10.4. The summed E-state index contributed by atoms with van der Waals surface area (Å²) < 4.78 is 6.27. The minimum Gasteiger partial charge on any atom is -0.486 e. The molecule has 0 spiro atoms. The molecule has 2 aromatic carbocycles. The van der Waals surface area contributed by atoms with E-state index in [9.17, 15) is 0 Å². The molecule has 0 fully saturated rings. The Morgan fingerprint density at radius 1 is 0.950 bits per heavy atom. The molecule has 0 saturated carbocycles. The first-order chi connectivity index (χ1) is 9.83. The first-order valence-corrected chi connectivity index (χ1v) is 7.27. The zero-order valence-electron chi connectivity index (χ0n) is 10.5. The van der Waals surface area contributed by atoms with Gasteiger partial charge < -0.3 is 4.74 Å². The van der Waals surface area contributed by atoms with Gasteiger partial charge in [-0.2, -0.15) is 0 Å². The molecular formula is C15H11ClN2OS. The smallest absolute Gasteiger partial charge is 0.207 e. The van der Waals surface area contributed by atoms with E-state index >= 15 is 0 Å². The van der Waals surface area contributed by atoms with Gasteiger partial charge in [-0.05, 0) is 23.2 Å². The fraction of sp³-hybridized carbons (Fsp3) is 0.0667. The van der Waals surface area contributed by atoms with E-state index in [1.807, 2.05) is 42.5 Å². The van der Waals surface area contributed by atoms with E-state index in [-0.39, 0.29) is 0 Å². The first-order valence-electron chi connectivity index (χ1n) is 6.08. The number of halogens is 1. The Kier molecular flexibility index (Phi) is 3.95. The van der Waals surface area contributed by atoms with Crippen molar-refractivity contribution in [3.05, 3.63) is 64.1 Å². The zero-order chi connectivity index (χ0) is 13.8. The molecule has 0 aliphatic rings. The summed E-state index contributed by atoms with van der Waals surface area (Å²) in [6, 6.07) is 18.1. The number of rotatable bonds is 4. The van der Waals surface area contributed by atoms with Gasteiger partial charge in [-0.1, -0.05) is 59.9 Å². The molecule has 0 amide bonds. The number of ether oxygens (including phenoxy) is 1. The molecule has 0 bridgehead atoms. The monoisotopic (exact) mass is 302 g/mol. The highest BCUT2D eigenvalue weighted by atomic mass is 35.5. The van der Waals surface area contributed by atoms with E-state index in [1.165, 1.54) is 11.3 Å². The fourth-order valence-corrected chi connectivity index (χ4v) is 2.66. The second-order valence-corrected chi connectivity index (χ2v) is 5.74. The van der Waals surface area contributed by atoms with Gasteiger partial charge in [0.2, 0.25) is 4.47 Å². The maximum absolute atomic E-state index is 5.84. The summed E-state index contributed by atoms with van der Waals surface area (Å²) in [6.45, 7) is 0.369. The van der Waals surface area contributed by atoms with E-state index in [2.05, 4.69) is 22.3 Å². The van der Waals surface area contributed by atoms with Gasteiger partial charge in [-0.15, -0.1) is 10.2 Å². The van der Waals surface area contributed by atoms with Crippen molar-refractivity contribution in [3.63, 3.8) is 0 Å². The van der Waals surface area contributed by atoms with Crippen molar-refractivity contribution in [1.82, 2.24) is 10.2 Å². The third kappa shape index (κ3) is 2.98. The number of nitrogens with zero attached hydrogens (tertiary/aromatic N) is 2. The van der Waals surface area contributed by atoms with Crippen LogP contribution in [0.15, 0.2) is 54.6 Å². The second kappa shape index (κ2) is 6.03. The second-order valence-electron chi connectivity index (χ2n) is 4.10. The zero-order valence-corrected chi connectivity index (χ0v) is 12.1. The Morgan fingerprint density at radius 3 is 2.45 bits per heavy atom. The van der Waals surface area contributed by atoms with Gasteiger partial charge in [-0.3, -0.25) is 0 Å². The van der Waals surface area contributed by atoms with Crippen LogP contribution in [0.4, 0.5) is 0 Å². The van der Waals surface area contributed by atoms with Gasteiger partial charge >= 0.3 is 0 Å². The molecule has 3 rings (SSSR count). The quantitative estimate of drug-likeness (QED) is 0.715. The predicted molar refractivity (Wildman–Crippen MR) is 81.1 cm³/mol. The lowest BCUT2D eigenvalue weighted by Crippen LogP contribution is -1.96. The van der Waals surface area contributed by atoms with Gasteiger partial charge in [0.05, 0.1) is 0 Å². The van der Waals surface area contributed by atoms with E-state index in [1.54, 1.807) is 0 Å². The predicted octanol–water partition coefficient (Wildman–Crippen LogP) is 4.44. The van der Waals surface area contributed by atoms with Gasteiger partial charge in [0.15, 0.2) is 5.01 Å². The highest BCUT2D eigenvalue weighted by Crippen LogP contribution is 2.30. The first kappa shape index (κ1) is 13.1. The van der Waals surface area contributed by atoms with E-state index in [4.69, 9.17) is 16.3 Å². The van der Waals surface area contributed by atoms with Crippen molar-refractivity contribution in [2.75, 3.05) is 0 Å². The topological polar surface area (TPSA) is 35.0 Å². The summed E-state index contributed by atoms with van der Waals surface area (Å²) in [5.74, 6) is 0.824. The molecule has 0 saturated heterocycles. The fourth-order valence-electron chi connectivity index (χ4n) is 1.88. The molecule has 3 aromatic rings. The van der Waals surface area contributed by atoms with E-state index in [0.29, 0.717) is 11.1 Å². The van der Waals surface area contributed by atoms with Crippen LogP contribution in [0.5, 0.6) is 5.75 Å². The summed E-state index contributed by atoms with van der Waals surface area (Å²) in [7, 11) is 0. The summed E-state index contributed by atoms with van der Waals surface area (Å²) in [5.41, 5.74) is 2.18. The van der Waals surface area contributed by atoms with Gasteiger partial charge in [0, 0.05) is 5.56 Å². The summed E-state index contributed by atoms with van der Waals surface area (Å²) in [6.07, 6.45) is 0. The van der Waals surface area contributed by atoms with Gasteiger partial charge in [0.25, 0.3) is 0 Å². The molecule has 1 aromatic heterocycles. The van der Waals surface area contributed by atoms with Crippen molar-refractivity contribution in [3.8, 4) is 16.9 Å². The summed E-state index contributed by atoms with van der Waals surface area (Å²) in [4.78, 5) is 0. The third-order valence-electron chi connectivity index (χ3n) is 2.77. The number of hydrogen-bond donors (Lipinski definition) is 0. The van der Waals surface area contributed by atoms with Crippen molar-refractivity contribution in [1.29, 1.82) is 0 Å². The molecule has 0 unspecified atom stereocenters. The SMILES string of the molecule is Clc1nnc(COc2ccccc2-c2ccccc2)s1. The standard InChI is InChI=1S/C15H11ClN2OS/c16-15-18-17-14(20-15)10-19-13-9-5-4-8-12(13)11-6-2-1-3-7-11/h1-9H,10H2. The number of aromatic nitrogens is 2. The average Bonchev–Trinajstić information content (AvgIpc) is 2.92. The molecule has 5 heteroatoms. The van der Waals surface area contributed by atoms with E-state index in [0.717, 1.165) is 21.9 Å². The minimum absolute atomic E-state index is 0.369. The summed E-state index contributed by atoms with van der Waals surface area (Å²) in [5, 5.41) is 8.47. The van der Waals surface area contributed by atoms with Crippen molar-refractivity contribution < 1.29 is 4.74 Å². The van der Waals surface area contributed by atoms with Crippen LogP contribution >= 0.6 is 22.9 Å². The Balaban J connectivity index is 1.83. The van der Waals surface area contributed by atoms with Gasteiger partial charge in [0.1, 0.15) is 12.4 Å². The van der Waals surface area contributed by atoms with Crippen LogP contribution in [0.3, 0.4) is 0 Å². The summed E-state index contributed by atoms with van der Waals surface area (Å²) >= 11 is 7.09. The Bertz CT molecular complexity index is 700. The molecule has 100 valence electrons. The minimum atomic E-state index is 0.369. The molecule has 3 nitrogen and oxygen atoms in total.